The molecule has 0 aromatic carbocycles. The van der Waals surface area contributed by atoms with E-state index in [9.17, 15) is 0 Å². The molecule has 0 N–H and O–H groups in total. The molecule has 0 bridgehead atoms. The van der Waals surface area contributed by atoms with Crippen LogP contribution >= 0.6 is 39.9 Å². The van der Waals surface area contributed by atoms with Crippen LogP contribution in [0.3, 0.4) is 0 Å². The minimum absolute atomic E-state index is 0. The molecule has 0 unspecified atom stereocenters. The van der Waals surface area contributed by atoms with Crippen molar-refractivity contribution in [2.45, 2.75) is 0 Å². The van der Waals surface area contributed by atoms with E-state index in [-0.39, 0.29) is 12.4 Å². The van der Waals surface area contributed by atoms with Crippen LogP contribution in [0, 0.1) is 0 Å². The molecule has 6 heteroatoms. The Hall–Kier alpha value is -0.320. The summed E-state index contributed by atoms with van der Waals surface area (Å²) in [5.41, 5.74) is 0.773. The third kappa shape index (κ3) is 1.55. The zero-order chi connectivity index (χ0) is 7.84. The molecule has 0 fully saturated rings. The number of rotatable bonds is 0. The Morgan fingerprint density at radius 2 is 2.25 bits per heavy atom. The Bertz CT molecular complexity index is 401. The van der Waals surface area contributed by atoms with Gasteiger partial charge in [-0.1, -0.05) is 11.6 Å². The van der Waals surface area contributed by atoms with Crippen LogP contribution in [0.2, 0.25) is 5.15 Å². The molecule has 0 aliphatic heterocycles. The van der Waals surface area contributed by atoms with Gasteiger partial charge in [-0.25, -0.2) is 9.50 Å². The quantitative estimate of drug-likeness (QED) is 0.735. The van der Waals surface area contributed by atoms with E-state index in [4.69, 9.17) is 11.6 Å². The second-order valence-electron chi connectivity index (χ2n) is 2.01. The van der Waals surface area contributed by atoms with Crippen LogP contribution < -0.4 is 0 Å². The first-order valence-corrected chi connectivity index (χ1v) is 4.10. The van der Waals surface area contributed by atoms with Crippen molar-refractivity contribution in [2.75, 3.05) is 0 Å². The SMILES string of the molecule is Cl.Clc1cc(Br)c2nccn2n1. The molecule has 0 aliphatic carbocycles. The Labute approximate surface area is 88.3 Å². The number of halogens is 3. The number of imidazole rings is 1. The lowest BCUT2D eigenvalue weighted by Crippen LogP contribution is -1.90. The molecular formula is C6H4BrCl2N3. The fraction of sp³-hybridized carbons (Fsp3) is 0. The molecular weight excluding hydrogens is 265 g/mol. The van der Waals surface area contributed by atoms with Crippen LogP contribution in [0.5, 0.6) is 0 Å². The first kappa shape index (κ1) is 9.77. The predicted octanol–water partition coefficient (Wildman–Crippen LogP) is 2.57. The van der Waals surface area contributed by atoms with Crippen molar-refractivity contribution in [1.82, 2.24) is 14.6 Å². The van der Waals surface area contributed by atoms with Gasteiger partial charge < -0.3 is 0 Å². The standard InChI is InChI=1S/C6H3BrClN3.ClH/c7-4-3-5(8)10-11-2-1-9-6(4)11;/h1-3H;1H. The average molecular weight is 269 g/mol. The predicted molar refractivity (Wildman–Crippen MR) is 52.9 cm³/mol. The molecule has 64 valence electrons. The lowest BCUT2D eigenvalue weighted by Gasteiger charge is -1.94. The van der Waals surface area contributed by atoms with Crippen molar-refractivity contribution in [1.29, 1.82) is 0 Å². The fourth-order valence-corrected chi connectivity index (χ4v) is 1.67. The van der Waals surface area contributed by atoms with Gasteiger partial charge >= 0.3 is 0 Å². The van der Waals surface area contributed by atoms with Crippen molar-refractivity contribution < 1.29 is 0 Å². The third-order valence-electron chi connectivity index (χ3n) is 1.28. The molecule has 0 saturated heterocycles. The lowest BCUT2D eigenvalue weighted by molar-refractivity contribution is 0.932. The minimum Gasteiger partial charge on any atom is -0.235 e. The van der Waals surface area contributed by atoms with Crippen LogP contribution in [0.1, 0.15) is 0 Å². The van der Waals surface area contributed by atoms with E-state index >= 15 is 0 Å². The summed E-state index contributed by atoms with van der Waals surface area (Å²) in [5.74, 6) is 0. The highest BCUT2D eigenvalue weighted by Gasteiger charge is 2.01. The smallest absolute Gasteiger partial charge is 0.167 e. The van der Waals surface area contributed by atoms with Crippen molar-refractivity contribution in [2.24, 2.45) is 0 Å². The number of hydrogen-bond donors (Lipinski definition) is 0. The van der Waals surface area contributed by atoms with Crippen molar-refractivity contribution in [3.63, 3.8) is 0 Å². The lowest BCUT2D eigenvalue weighted by atomic mass is 10.6. The third-order valence-corrected chi connectivity index (χ3v) is 2.05. The van der Waals surface area contributed by atoms with E-state index in [1.54, 1.807) is 23.0 Å². The summed E-state index contributed by atoms with van der Waals surface area (Å²) >= 11 is 9.01. The normalized spacial score (nSPS) is 9.83. The number of fused-ring (bicyclic) bond motifs is 1. The van der Waals surface area contributed by atoms with E-state index in [0.717, 1.165) is 10.1 Å². The van der Waals surface area contributed by atoms with Crippen molar-refractivity contribution in [3.05, 3.63) is 28.1 Å². The highest BCUT2D eigenvalue weighted by molar-refractivity contribution is 9.10. The second-order valence-corrected chi connectivity index (χ2v) is 3.25. The maximum Gasteiger partial charge on any atom is 0.167 e. The fourth-order valence-electron chi connectivity index (χ4n) is 0.850. The Balaban J connectivity index is 0.000000720. The van der Waals surface area contributed by atoms with Gasteiger partial charge in [0.15, 0.2) is 10.8 Å². The van der Waals surface area contributed by atoms with Crippen LogP contribution in [0.15, 0.2) is 22.9 Å². The molecule has 0 radical (unpaired) electrons. The van der Waals surface area contributed by atoms with E-state index in [0.29, 0.717) is 5.15 Å². The van der Waals surface area contributed by atoms with Gasteiger partial charge in [-0.2, -0.15) is 5.10 Å². The molecule has 2 heterocycles. The van der Waals surface area contributed by atoms with Gasteiger partial charge in [0.2, 0.25) is 0 Å². The Morgan fingerprint density at radius 1 is 1.50 bits per heavy atom. The van der Waals surface area contributed by atoms with Crippen molar-refractivity contribution in [3.8, 4) is 0 Å². The first-order valence-electron chi connectivity index (χ1n) is 2.93. The van der Waals surface area contributed by atoms with Crippen LogP contribution in [-0.2, 0) is 0 Å². The maximum atomic E-state index is 5.69. The highest BCUT2D eigenvalue weighted by atomic mass is 79.9. The zero-order valence-electron chi connectivity index (χ0n) is 5.74. The Morgan fingerprint density at radius 3 is 3.00 bits per heavy atom. The van der Waals surface area contributed by atoms with Gasteiger partial charge in [-0.15, -0.1) is 12.4 Å². The zero-order valence-corrected chi connectivity index (χ0v) is 8.90. The van der Waals surface area contributed by atoms with Gasteiger partial charge in [-0.3, -0.25) is 0 Å². The highest BCUT2D eigenvalue weighted by Crippen LogP contribution is 2.18. The van der Waals surface area contributed by atoms with Gasteiger partial charge in [-0.05, 0) is 22.0 Å². The number of aromatic nitrogens is 3. The van der Waals surface area contributed by atoms with Crippen LogP contribution in [-0.4, -0.2) is 14.6 Å². The molecule has 0 saturated carbocycles. The van der Waals surface area contributed by atoms with E-state index in [1.165, 1.54) is 0 Å². The van der Waals surface area contributed by atoms with E-state index in [1.807, 2.05) is 0 Å². The molecule has 2 rings (SSSR count). The molecule has 0 aliphatic rings. The minimum atomic E-state index is 0. The summed E-state index contributed by atoms with van der Waals surface area (Å²) in [6, 6.07) is 1.71. The van der Waals surface area contributed by atoms with Crippen LogP contribution in [0.4, 0.5) is 0 Å². The molecule has 3 nitrogen and oxygen atoms in total. The molecule has 2 aromatic heterocycles. The summed E-state index contributed by atoms with van der Waals surface area (Å²) in [7, 11) is 0. The number of hydrogen-bond acceptors (Lipinski definition) is 2. The molecule has 0 spiro atoms. The molecule has 12 heavy (non-hydrogen) atoms. The van der Waals surface area contributed by atoms with Gasteiger partial charge in [0, 0.05) is 12.4 Å². The van der Waals surface area contributed by atoms with E-state index in [2.05, 4.69) is 26.0 Å². The molecule has 0 atom stereocenters. The van der Waals surface area contributed by atoms with Crippen LogP contribution in [0.25, 0.3) is 5.65 Å². The summed E-state index contributed by atoms with van der Waals surface area (Å²) < 4.78 is 2.47. The summed E-state index contributed by atoms with van der Waals surface area (Å²) in [6.45, 7) is 0. The Kier molecular flexibility index (Phi) is 2.93. The largest absolute Gasteiger partial charge is 0.235 e. The topological polar surface area (TPSA) is 30.2 Å². The summed E-state index contributed by atoms with van der Waals surface area (Å²) in [5, 5.41) is 4.43. The van der Waals surface area contributed by atoms with Gasteiger partial charge in [0.1, 0.15) is 0 Å². The van der Waals surface area contributed by atoms with Gasteiger partial charge in [0.25, 0.3) is 0 Å². The monoisotopic (exact) mass is 267 g/mol. The summed E-state index contributed by atoms with van der Waals surface area (Å²) in [4.78, 5) is 4.05. The maximum absolute atomic E-state index is 5.69. The molecule has 2 aromatic rings. The van der Waals surface area contributed by atoms with Gasteiger partial charge in [0.05, 0.1) is 4.47 Å². The average Bonchev–Trinajstić information content (AvgIpc) is 2.34. The first-order chi connectivity index (χ1) is 5.27. The molecule has 0 amide bonds. The van der Waals surface area contributed by atoms with E-state index < -0.39 is 0 Å². The summed E-state index contributed by atoms with van der Waals surface area (Å²) in [6.07, 6.45) is 3.41. The van der Waals surface area contributed by atoms with Crippen molar-refractivity contribution >= 4 is 45.6 Å². The number of nitrogens with zero attached hydrogens (tertiary/aromatic N) is 3. The second kappa shape index (κ2) is 3.60.